The van der Waals surface area contributed by atoms with Crippen LogP contribution in [0.3, 0.4) is 0 Å². The molecule has 2 aliphatic rings. The van der Waals surface area contributed by atoms with Crippen molar-refractivity contribution in [2.75, 3.05) is 5.32 Å². The van der Waals surface area contributed by atoms with E-state index in [-0.39, 0.29) is 41.0 Å². The number of rotatable bonds is 5. The number of nitrogens with zero attached hydrogens (tertiary/aromatic N) is 4. The van der Waals surface area contributed by atoms with E-state index in [1.807, 2.05) is 39.0 Å². The van der Waals surface area contributed by atoms with Crippen molar-refractivity contribution >= 4 is 17.6 Å². The Morgan fingerprint density at radius 3 is 2.68 bits per heavy atom. The first-order valence-electron chi connectivity index (χ1n) is 12.7. The minimum atomic E-state index is -0.367. The van der Waals surface area contributed by atoms with Crippen LogP contribution < -0.4 is 10.6 Å². The molecule has 0 spiro atoms. The molecule has 0 radical (unpaired) electrons. The molecule has 0 bridgehead atoms. The van der Waals surface area contributed by atoms with Gasteiger partial charge in [-0.3, -0.25) is 9.59 Å². The molecule has 5 rings (SSSR count). The molecule has 2 amide bonds. The first-order chi connectivity index (χ1) is 17.7. The van der Waals surface area contributed by atoms with E-state index in [4.69, 9.17) is 9.78 Å². The highest BCUT2D eigenvalue weighted by Gasteiger charge is 2.43. The maximum absolute atomic E-state index is 12.9. The van der Waals surface area contributed by atoms with Crippen LogP contribution in [0.2, 0.25) is 0 Å². The standard InChI is InChI=1S/C28H30N6O3/c1-28(2,3)27-33-26(37-34-27)25(36)31-22-7-5-4-6-18-12-16(8-9-20(18)22)17-10-11-30-23(14-17)32-24(35)21-13-19(21)15-29/h8-12,14,19,21-22H,4-7,13H2,1-3H3,(H,31,36)(H,30,32,35)/t19-,21+,22+/m1/s1. The van der Waals surface area contributed by atoms with Crippen molar-refractivity contribution in [3.8, 4) is 17.2 Å². The fraction of sp³-hybridized carbons (Fsp3) is 0.429. The van der Waals surface area contributed by atoms with Gasteiger partial charge in [-0.15, -0.1) is 0 Å². The molecule has 2 heterocycles. The van der Waals surface area contributed by atoms with Gasteiger partial charge in [0.1, 0.15) is 5.82 Å². The molecule has 9 heteroatoms. The number of fused-ring (bicyclic) bond motifs is 1. The molecule has 2 N–H and O–H groups in total. The van der Waals surface area contributed by atoms with Crippen LogP contribution in [0, 0.1) is 23.2 Å². The summed E-state index contributed by atoms with van der Waals surface area (Å²) in [4.78, 5) is 33.8. The van der Waals surface area contributed by atoms with Gasteiger partial charge < -0.3 is 15.2 Å². The molecular formula is C28H30N6O3. The number of nitrogens with one attached hydrogen (secondary N) is 2. The zero-order valence-corrected chi connectivity index (χ0v) is 21.2. The molecule has 1 aromatic carbocycles. The van der Waals surface area contributed by atoms with E-state index in [2.05, 4.69) is 44.0 Å². The quantitative estimate of drug-likeness (QED) is 0.486. The van der Waals surface area contributed by atoms with Crippen LogP contribution >= 0.6 is 0 Å². The zero-order chi connectivity index (χ0) is 26.2. The molecule has 3 aromatic rings. The highest BCUT2D eigenvalue weighted by Crippen LogP contribution is 2.38. The van der Waals surface area contributed by atoms with Crippen molar-refractivity contribution in [3.05, 3.63) is 59.4 Å². The van der Waals surface area contributed by atoms with Crippen molar-refractivity contribution in [2.45, 2.75) is 64.3 Å². The predicted octanol–water partition coefficient (Wildman–Crippen LogP) is 4.72. The van der Waals surface area contributed by atoms with Crippen molar-refractivity contribution < 1.29 is 14.1 Å². The Kier molecular flexibility index (Phi) is 6.50. The summed E-state index contributed by atoms with van der Waals surface area (Å²) in [5.41, 5.74) is 3.91. The Hall–Kier alpha value is -4.06. The van der Waals surface area contributed by atoms with E-state index in [1.54, 1.807) is 6.20 Å². The van der Waals surface area contributed by atoms with Crippen molar-refractivity contribution in [1.82, 2.24) is 20.4 Å². The van der Waals surface area contributed by atoms with Gasteiger partial charge in [-0.25, -0.2) is 4.98 Å². The molecule has 1 fully saturated rings. The van der Waals surface area contributed by atoms with E-state index >= 15 is 0 Å². The number of aryl methyl sites for hydroxylation is 1. The van der Waals surface area contributed by atoms with Gasteiger partial charge in [-0.05, 0) is 60.1 Å². The average Bonchev–Trinajstić information content (AvgIpc) is 3.55. The maximum Gasteiger partial charge on any atom is 0.315 e. The highest BCUT2D eigenvalue weighted by atomic mass is 16.5. The summed E-state index contributed by atoms with van der Waals surface area (Å²) >= 11 is 0. The predicted molar refractivity (Wildman–Crippen MR) is 136 cm³/mol. The van der Waals surface area contributed by atoms with Crippen LogP contribution in [0.5, 0.6) is 0 Å². The van der Waals surface area contributed by atoms with Crippen molar-refractivity contribution in [1.29, 1.82) is 5.26 Å². The number of hydrogen-bond acceptors (Lipinski definition) is 7. The largest absolute Gasteiger partial charge is 0.341 e. The molecule has 9 nitrogen and oxygen atoms in total. The van der Waals surface area contributed by atoms with Crippen LogP contribution in [0.1, 0.15) is 80.1 Å². The maximum atomic E-state index is 12.9. The molecular weight excluding hydrogens is 468 g/mol. The van der Waals surface area contributed by atoms with E-state index in [0.717, 1.165) is 42.4 Å². The Bertz CT molecular complexity index is 1380. The third-order valence-corrected chi connectivity index (χ3v) is 6.94. The summed E-state index contributed by atoms with van der Waals surface area (Å²) in [5, 5.41) is 18.9. The van der Waals surface area contributed by atoms with Gasteiger partial charge in [0.05, 0.1) is 23.9 Å². The molecule has 0 aliphatic heterocycles. The first-order valence-corrected chi connectivity index (χ1v) is 12.7. The van der Waals surface area contributed by atoms with Crippen LogP contribution in [0.25, 0.3) is 11.1 Å². The molecule has 2 aromatic heterocycles. The fourth-order valence-electron chi connectivity index (χ4n) is 4.68. The van der Waals surface area contributed by atoms with E-state index < -0.39 is 0 Å². The minimum Gasteiger partial charge on any atom is -0.341 e. The molecule has 190 valence electrons. The molecule has 0 saturated heterocycles. The van der Waals surface area contributed by atoms with Crippen molar-refractivity contribution in [2.24, 2.45) is 11.8 Å². The molecule has 37 heavy (non-hydrogen) atoms. The number of nitriles is 1. The smallest absolute Gasteiger partial charge is 0.315 e. The van der Waals surface area contributed by atoms with Gasteiger partial charge in [0.15, 0.2) is 5.82 Å². The van der Waals surface area contributed by atoms with Crippen LogP contribution in [-0.2, 0) is 16.6 Å². The summed E-state index contributed by atoms with van der Waals surface area (Å²) in [6, 6.07) is 12.0. The Morgan fingerprint density at radius 1 is 1.14 bits per heavy atom. The number of carbonyl (C=O) groups is 2. The van der Waals surface area contributed by atoms with Gasteiger partial charge in [-0.1, -0.05) is 50.5 Å². The summed E-state index contributed by atoms with van der Waals surface area (Å²) in [6.45, 7) is 5.90. The van der Waals surface area contributed by atoms with E-state index in [0.29, 0.717) is 18.1 Å². The first kappa shape index (κ1) is 24.6. The number of amides is 2. The molecule has 0 unspecified atom stereocenters. The lowest BCUT2D eigenvalue weighted by molar-refractivity contribution is -0.117. The number of aromatic nitrogens is 3. The van der Waals surface area contributed by atoms with Crippen LogP contribution in [0.4, 0.5) is 5.82 Å². The number of anilines is 1. The van der Waals surface area contributed by atoms with Gasteiger partial charge >= 0.3 is 11.8 Å². The lowest BCUT2D eigenvalue weighted by atomic mass is 9.94. The van der Waals surface area contributed by atoms with E-state index in [9.17, 15) is 9.59 Å². The second-order valence-electron chi connectivity index (χ2n) is 10.9. The fourth-order valence-corrected chi connectivity index (χ4v) is 4.68. The monoisotopic (exact) mass is 498 g/mol. The Labute approximate surface area is 215 Å². The zero-order valence-electron chi connectivity index (χ0n) is 21.2. The SMILES string of the molecule is CC(C)(C)c1noc(C(=O)N[C@H]2CCCCc3cc(-c4ccnc(NC(=O)[C@H]5C[C@@H]5C#N)c4)ccc32)n1. The highest BCUT2D eigenvalue weighted by molar-refractivity contribution is 5.94. The average molecular weight is 499 g/mol. The van der Waals surface area contributed by atoms with Gasteiger partial charge in [0.25, 0.3) is 0 Å². The van der Waals surface area contributed by atoms with Crippen LogP contribution in [0.15, 0.2) is 41.1 Å². The molecule has 3 atom stereocenters. The molecule has 1 saturated carbocycles. The number of hydrogen-bond donors (Lipinski definition) is 2. The Balaban J connectivity index is 1.33. The third kappa shape index (κ3) is 5.38. The van der Waals surface area contributed by atoms with Crippen LogP contribution in [-0.4, -0.2) is 26.9 Å². The minimum absolute atomic E-state index is 0.0222. The van der Waals surface area contributed by atoms with E-state index in [1.165, 1.54) is 5.56 Å². The normalized spacial score (nSPS) is 20.8. The lowest BCUT2D eigenvalue weighted by Crippen LogP contribution is -2.29. The number of carbonyl (C=O) groups excluding carboxylic acids is 2. The Morgan fingerprint density at radius 2 is 1.95 bits per heavy atom. The summed E-state index contributed by atoms with van der Waals surface area (Å²) in [7, 11) is 0. The van der Waals surface area contributed by atoms with Gasteiger partial charge in [0.2, 0.25) is 5.91 Å². The second-order valence-corrected chi connectivity index (χ2v) is 10.9. The lowest BCUT2D eigenvalue weighted by Gasteiger charge is -2.19. The molecule has 2 aliphatic carbocycles. The third-order valence-electron chi connectivity index (χ3n) is 6.94. The summed E-state index contributed by atoms with van der Waals surface area (Å²) in [5.74, 6) is -0.0185. The number of benzene rings is 1. The topological polar surface area (TPSA) is 134 Å². The summed E-state index contributed by atoms with van der Waals surface area (Å²) in [6.07, 6.45) is 6.03. The van der Waals surface area contributed by atoms with Gasteiger partial charge in [-0.2, -0.15) is 10.2 Å². The summed E-state index contributed by atoms with van der Waals surface area (Å²) < 4.78 is 5.24. The van der Waals surface area contributed by atoms with Crippen molar-refractivity contribution in [3.63, 3.8) is 0 Å². The van der Waals surface area contributed by atoms with Gasteiger partial charge in [0, 0.05) is 11.6 Å². The second kappa shape index (κ2) is 9.77. The number of pyridine rings is 1.